The summed E-state index contributed by atoms with van der Waals surface area (Å²) in [6.45, 7) is 1.89. The number of nitrogens with one attached hydrogen (secondary N) is 1. The monoisotopic (exact) mass is 434 g/mol. The van der Waals surface area contributed by atoms with Crippen molar-refractivity contribution in [3.63, 3.8) is 0 Å². The molecule has 1 N–H and O–H groups in total. The molecule has 0 radical (unpaired) electrons. The van der Waals surface area contributed by atoms with Crippen LogP contribution in [-0.2, 0) is 10.5 Å². The van der Waals surface area contributed by atoms with Crippen molar-refractivity contribution in [1.29, 1.82) is 0 Å². The maximum Gasteiger partial charge on any atom is 0.296 e. The van der Waals surface area contributed by atoms with Crippen molar-refractivity contribution in [2.45, 2.75) is 30.3 Å². The summed E-state index contributed by atoms with van der Waals surface area (Å²) in [7, 11) is 0. The van der Waals surface area contributed by atoms with E-state index >= 15 is 0 Å². The van der Waals surface area contributed by atoms with Gasteiger partial charge in [0.2, 0.25) is 6.79 Å². The van der Waals surface area contributed by atoms with E-state index in [0.29, 0.717) is 5.75 Å². The molecule has 3 aliphatic rings. The number of aryl methyl sites for hydroxylation is 1. The minimum Gasteiger partial charge on any atom is -0.455 e. The second-order valence-corrected chi connectivity index (χ2v) is 10.1. The molecule has 1 aromatic heterocycles. The minimum atomic E-state index is -0.557. The molecule has 1 aromatic carbocycles. The summed E-state index contributed by atoms with van der Waals surface area (Å²) in [6.07, 6.45) is 2.88. The topological polar surface area (TPSA) is 104 Å². The number of ether oxygens (including phenoxy) is 2. The lowest BCUT2D eigenvalue weighted by molar-refractivity contribution is -0.384. The highest BCUT2D eigenvalue weighted by Crippen LogP contribution is 2.59. The Bertz CT molecular complexity index is 1030. The number of nitro benzene ring substituents is 1. The second kappa shape index (κ2) is 6.88. The molecule has 5 rings (SSSR count). The van der Waals surface area contributed by atoms with Gasteiger partial charge in [-0.25, -0.2) is 0 Å². The van der Waals surface area contributed by atoms with E-state index in [1.165, 1.54) is 12.1 Å². The Labute approximate surface area is 174 Å². The molecule has 0 bridgehead atoms. The molecule has 0 unspecified atom stereocenters. The number of fused-ring (bicyclic) bond motifs is 3. The standard InChI is InChI=1S/C19H18N2O6S2/c1-10-16-13(3-2-4-19(16)28-5-6-29-19)27-17(10)18(22)20-11-7-14-15(26-9-25-14)8-12(11)21(23)24/h7-8H,2-6,9H2,1H3,(H,20,22). The normalized spacial score (nSPS) is 18.7. The molecule has 0 saturated carbocycles. The number of furan rings is 1. The second-order valence-electron chi connectivity index (χ2n) is 7.09. The highest BCUT2D eigenvalue weighted by atomic mass is 32.2. The molecule has 2 aliphatic heterocycles. The number of amides is 1. The van der Waals surface area contributed by atoms with Crippen molar-refractivity contribution in [3.05, 3.63) is 44.9 Å². The number of benzene rings is 1. The van der Waals surface area contributed by atoms with E-state index < -0.39 is 10.8 Å². The van der Waals surface area contributed by atoms with Crippen LogP contribution in [0.4, 0.5) is 11.4 Å². The van der Waals surface area contributed by atoms with Crippen LogP contribution in [0.3, 0.4) is 0 Å². The van der Waals surface area contributed by atoms with Gasteiger partial charge in [-0.1, -0.05) is 0 Å². The summed E-state index contributed by atoms with van der Waals surface area (Å²) >= 11 is 3.85. The molecule has 152 valence electrons. The van der Waals surface area contributed by atoms with E-state index in [-0.39, 0.29) is 33.8 Å². The number of nitrogens with zero attached hydrogens (tertiary/aromatic N) is 1. The number of rotatable bonds is 3. The summed E-state index contributed by atoms with van der Waals surface area (Å²) in [5, 5.41) is 14.1. The Hall–Kier alpha value is -2.33. The van der Waals surface area contributed by atoms with E-state index in [1.807, 2.05) is 30.4 Å². The van der Waals surface area contributed by atoms with Gasteiger partial charge in [-0.2, -0.15) is 0 Å². The van der Waals surface area contributed by atoms with Crippen molar-refractivity contribution >= 4 is 40.8 Å². The van der Waals surface area contributed by atoms with Gasteiger partial charge in [-0.05, 0) is 19.8 Å². The highest BCUT2D eigenvalue weighted by Gasteiger charge is 2.45. The number of anilines is 1. The summed E-state index contributed by atoms with van der Waals surface area (Å²) in [6, 6.07) is 2.68. The van der Waals surface area contributed by atoms with Crippen LogP contribution in [0.2, 0.25) is 0 Å². The van der Waals surface area contributed by atoms with Crippen LogP contribution in [-0.4, -0.2) is 29.1 Å². The first-order valence-electron chi connectivity index (χ1n) is 9.28. The molecule has 0 atom stereocenters. The van der Waals surface area contributed by atoms with Gasteiger partial charge < -0.3 is 19.2 Å². The van der Waals surface area contributed by atoms with Gasteiger partial charge in [-0.3, -0.25) is 14.9 Å². The number of carbonyl (C=O) groups excluding carboxylic acids is 1. The van der Waals surface area contributed by atoms with Crippen LogP contribution >= 0.6 is 23.5 Å². The van der Waals surface area contributed by atoms with E-state index in [0.717, 1.165) is 47.7 Å². The maximum absolute atomic E-state index is 13.0. The highest BCUT2D eigenvalue weighted by molar-refractivity contribution is 8.20. The van der Waals surface area contributed by atoms with Gasteiger partial charge in [0.15, 0.2) is 17.3 Å². The molecule has 2 aromatic rings. The summed E-state index contributed by atoms with van der Waals surface area (Å²) in [4.78, 5) is 23.9. The third-order valence-electron chi connectivity index (χ3n) is 5.41. The predicted molar refractivity (Wildman–Crippen MR) is 110 cm³/mol. The Morgan fingerprint density at radius 1 is 1.24 bits per heavy atom. The van der Waals surface area contributed by atoms with Gasteiger partial charge in [0.1, 0.15) is 11.4 Å². The van der Waals surface area contributed by atoms with Crippen LogP contribution in [0.25, 0.3) is 0 Å². The van der Waals surface area contributed by atoms with Crippen molar-refractivity contribution in [3.8, 4) is 11.5 Å². The first-order valence-corrected chi connectivity index (χ1v) is 11.3. The molecule has 8 nitrogen and oxygen atoms in total. The summed E-state index contributed by atoms with van der Waals surface area (Å²) in [5.74, 6) is 3.40. The summed E-state index contributed by atoms with van der Waals surface area (Å²) in [5.41, 5.74) is 1.75. The predicted octanol–water partition coefficient (Wildman–Crippen LogP) is 4.45. The molecule has 1 aliphatic carbocycles. The number of nitro groups is 1. The van der Waals surface area contributed by atoms with Crippen LogP contribution in [0, 0.1) is 17.0 Å². The number of hydrogen-bond acceptors (Lipinski definition) is 8. The van der Waals surface area contributed by atoms with E-state index in [9.17, 15) is 14.9 Å². The zero-order valence-corrected chi connectivity index (χ0v) is 17.2. The first kappa shape index (κ1) is 18.7. The minimum absolute atomic E-state index is 0.00862. The lowest BCUT2D eigenvalue weighted by atomic mass is 9.94. The Morgan fingerprint density at radius 3 is 2.69 bits per heavy atom. The lowest BCUT2D eigenvalue weighted by Crippen LogP contribution is -2.21. The molecule has 3 heterocycles. The average molecular weight is 434 g/mol. The van der Waals surface area contributed by atoms with Crippen molar-refractivity contribution in [2.75, 3.05) is 23.6 Å². The van der Waals surface area contributed by atoms with E-state index in [2.05, 4.69) is 5.32 Å². The lowest BCUT2D eigenvalue weighted by Gasteiger charge is -2.31. The fraction of sp³-hybridized carbons (Fsp3) is 0.421. The van der Waals surface area contributed by atoms with Crippen molar-refractivity contribution in [1.82, 2.24) is 0 Å². The Kier molecular flexibility index (Phi) is 4.43. The molecule has 1 spiro atoms. The molecule has 1 saturated heterocycles. The molecule has 1 amide bonds. The van der Waals surface area contributed by atoms with Crippen LogP contribution in [0.5, 0.6) is 11.5 Å². The molecule has 29 heavy (non-hydrogen) atoms. The fourth-order valence-electron chi connectivity index (χ4n) is 4.18. The summed E-state index contributed by atoms with van der Waals surface area (Å²) < 4.78 is 16.4. The number of carbonyl (C=O) groups is 1. The van der Waals surface area contributed by atoms with Crippen LogP contribution < -0.4 is 14.8 Å². The zero-order chi connectivity index (χ0) is 20.2. The fourth-order valence-corrected chi connectivity index (χ4v) is 7.74. The maximum atomic E-state index is 13.0. The average Bonchev–Trinajstić information content (AvgIpc) is 3.41. The van der Waals surface area contributed by atoms with Crippen LogP contribution in [0.1, 0.15) is 40.3 Å². The Balaban J connectivity index is 1.50. The van der Waals surface area contributed by atoms with Gasteiger partial charge in [-0.15, -0.1) is 23.5 Å². The third kappa shape index (κ3) is 2.96. The van der Waals surface area contributed by atoms with Gasteiger partial charge in [0, 0.05) is 35.1 Å². The molecule has 1 fully saturated rings. The van der Waals surface area contributed by atoms with E-state index in [4.69, 9.17) is 13.9 Å². The largest absolute Gasteiger partial charge is 0.455 e. The number of hydrogen-bond donors (Lipinski definition) is 1. The number of thioether (sulfide) groups is 2. The van der Waals surface area contributed by atoms with Gasteiger partial charge >= 0.3 is 0 Å². The van der Waals surface area contributed by atoms with Gasteiger partial charge in [0.25, 0.3) is 11.6 Å². The molecule has 10 heteroatoms. The quantitative estimate of drug-likeness (QED) is 0.558. The SMILES string of the molecule is Cc1c(C(=O)Nc2cc3c(cc2[N+](=O)[O-])OCO3)oc2c1C1(CCC2)SCCS1. The van der Waals surface area contributed by atoms with Gasteiger partial charge in [0.05, 0.1) is 15.1 Å². The third-order valence-corrected chi connectivity index (χ3v) is 8.94. The Morgan fingerprint density at radius 2 is 1.97 bits per heavy atom. The van der Waals surface area contributed by atoms with E-state index in [1.54, 1.807) is 0 Å². The zero-order valence-electron chi connectivity index (χ0n) is 15.6. The smallest absolute Gasteiger partial charge is 0.296 e. The van der Waals surface area contributed by atoms with Crippen molar-refractivity contribution < 1.29 is 23.6 Å². The van der Waals surface area contributed by atoms with Crippen molar-refractivity contribution in [2.24, 2.45) is 0 Å². The molecular weight excluding hydrogens is 416 g/mol. The molecular formula is C19H18N2O6S2. The first-order chi connectivity index (χ1) is 14.0. The van der Waals surface area contributed by atoms with Crippen LogP contribution in [0.15, 0.2) is 16.5 Å².